The highest BCUT2D eigenvalue weighted by molar-refractivity contribution is 5.78. The van der Waals surface area contributed by atoms with E-state index in [0.717, 1.165) is 31.5 Å². The third kappa shape index (κ3) is 4.47. The Kier molecular flexibility index (Phi) is 5.31. The molecular weight excluding hydrogens is 256 g/mol. The van der Waals surface area contributed by atoms with Crippen molar-refractivity contribution in [1.82, 2.24) is 15.2 Å². The van der Waals surface area contributed by atoms with Crippen LogP contribution in [0.5, 0.6) is 5.88 Å². The number of aromatic nitrogens is 1. The highest BCUT2D eigenvalue weighted by Crippen LogP contribution is 2.08. The Hall–Kier alpha value is -1.66. The molecule has 2 heterocycles. The molecule has 2 rings (SSSR count). The lowest BCUT2D eigenvalue weighted by Gasteiger charge is -2.29. The van der Waals surface area contributed by atoms with E-state index in [-0.39, 0.29) is 5.91 Å². The lowest BCUT2D eigenvalue weighted by molar-refractivity contribution is -0.122. The molecule has 1 saturated heterocycles. The molecule has 0 radical (unpaired) electrons. The number of piperidine rings is 1. The summed E-state index contributed by atoms with van der Waals surface area (Å²) in [4.78, 5) is 18.1. The molecule has 1 aromatic heterocycles. The second kappa shape index (κ2) is 7.21. The minimum absolute atomic E-state index is 0.0382. The van der Waals surface area contributed by atoms with E-state index in [9.17, 15) is 4.79 Å². The van der Waals surface area contributed by atoms with Gasteiger partial charge in [-0.3, -0.25) is 9.69 Å². The molecule has 1 amide bonds. The van der Waals surface area contributed by atoms with Gasteiger partial charge in [0, 0.05) is 37.9 Å². The van der Waals surface area contributed by atoms with Gasteiger partial charge in [-0.15, -0.1) is 0 Å². The van der Waals surface area contributed by atoms with Crippen molar-refractivity contribution in [2.75, 3.05) is 26.7 Å². The maximum Gasteiger partial charge on any atom is 0.234 e. The number of ether oxygens (including phenoxy) is 1. The van der Waals surface area contributed by atoms with Crippen LogP contribution in [0.15, 0.2) is 18.3 Å². The smallest absolute Gasteiger partial charge is 0.234 e. The Bertz CT molecular complexity index is 427. The summed E-state index contributed by atoms with van der Waals surface area (Å²) in [6.07, 6.45) is 3.64. The first kappa shape index (κ1) is 14.7. The number of carbonyl (C=O) groups excluding carboxylic acids is 1. The monoisotopic (exact) mass is 278 g/mol. The Labute approximate surface area is 119 Å². The number of methoxy groups -OCH3 is 1. The van der Waals surface area contributed by atoms with E-state index in [1.807, 2.05) is 6.07 Å². The molecule has 6 heteroatoms. The molecular formula is C14H22N4O2. The number of pyridine rings is 1. The van der Waals surface area contributed by atoms with Crippen molar-refractivity contribution in [2.45, 2.75) is 25.4 Å². The van der Waals surface area contributed by atoms with E-state index in [2.05, 4.69) is 15.2 Å². The average molecular weight is 278 g/mol. The van der Waals surface area contributed by atoms with Gasteiger partial charge in [-0.1, -0.05) is 6.07 Å². The van der Waals surface area contributed by atoms with E-state index < -0.39 is 0 Å². The highest BCUT2D eigenvalue weighted by atomic mass is 16.5. The van der Waals surface area contributed by atoms with Crippen molar-refractivity contribution in [1.29, 1.82) is 0 Å². The number of hydrogen-bond donors (Lipinski definition) is 2. The van der Waals surface area contributed by atoms with Crippen molar-refractivity contribution in [3.05, 3.63) is 23.9 Å². The number of nitrogens with one attached hydrogen (secondary N) is 1. The fourth-order valence-corrected chi connectivity index (χ4v) is 2.21. The molecule has 0 atom stereocenters. The Morgan fingerprint density at radius 1 is 1.50 bits per heavy atom. The summed E-state index contributed by atoms with van der Waals surface area (Å²) in [6, 6.07) is 3.97. The third-order valence-electron chi connectivity index (χ3n) is 3.50. The summed E-state index contributed by atoms with van der Waals surface area (Å²) in [6.45, 7) is 2.73. The molecule has 0 unspecified atom stereocenters. The largest absolute Gasteiger partial charge is 0.481 e. The van der Waals surface area contributed by atoms with Crippen LogP contribution in [-0.2, 0) is 11.3 Å². The van der Waals surface area contributed by atoms with Crippen molar-refractivity contribution in [3.8, 4) is 5.88 Å². The van der Waals surface area contributed by atoms with Gasteiger partial charge in [-0.05, 0) is 18.4 Å². The summed E-state index contributed by atoms with van der Waals surface area (Å²) in [5, 5.41) is 2.90. The van der Waals surface area contributed by atoms with E-state index in [1.165, 1.54) is 0 Å². The van der Waals surface area contributed by atoms with Crippen LogP contribution in [0, 0.1) is 0 Å². The first-order chi connectivity index (χ1) is 9.67. The van der Waals surface area contributed by atoms with Crippen LogP contribution in [0.25, 0.3) is 0 Å². The summed E-state index contributed by atoms with van der Waals surface area (Å²) in [7, 11) is 1.58. The molecule has 0 saturated carbocycles. The second-order valence-electron chi connectivity index (χ2n) is 5.10. The number of nitrogens with zero attached hydrogens (tertiary/aromatic N) is 2. The van der Waals surface area contributed by atoms with Gasteiger partial charge < -0.3 is 15.8 Å². The molecule has 1 aliphatic heterocycles. The summed E-state index contributed by atoms with van der Waals surface area (Å²) in [5.74, 6) is 0.612. The maximum atomic E-state index is 11.9. The quantitative estimate of drug-likeness (QED) is 0.800. The number of rotatable bonds is 5. The van der Waals surface area contributed by atoms with E-state index >= 15 is 0 Å². The molecule has 0 bridgehead atoms. The highest BCUT2D eigenvalue weighted by Gasteiger charge is 2.17. The minimum Gasteiger partial charge on any atom is -0.481 e. The van der Waals surface area contributed by atoms with Crippen molar-refractivity contribution < 1.29 is 9.53 Å². The van der Waals surface area contributed by atoms with Crippen LogP contribution < -0.4 is 15.8 Å². The standard InChI is InChI=1S/C14H22N4O2/c1-20-14-3-2-11(9-17-14)8-16-13(19)10-18-6-4-12(15)5-7-18/h2-3,9,12H,4-8,10,15H2,1H3,(H,16,19). The zero-order valence-corrected chi connectivity index (χ0v) is 11.8. The zero-order valence-electron chi connectivity index (χ0n) is 11.8. The van der Waals surface area contributed by atoms with Gasteiger partial charge in [0.2, 0.25) is 11.8 Å². The maximum absolute atomic E-state index is 11.9. The number of carbonyl (C=O) groups is 1. The molecule has 1 aromatic rings. The first-order valence-electron chi connectivity index (χ1n) is 6.91. The number of hydrogen-bond acceptors (Lipinski definition) is 5. The zero-order chi connectivity index (χ0) is 14.4. The fraction of sp³-hybridized carbons (Fsp3) is 0.571. The van der Waals surface area contributed by atoms with Gasteiger partial charge in [-0.25, -0.2) is 4.98 Å². The topological polar surface area (TPSA) is 80.5 Å². The third-order valence-corrected chi connectivity index (χ3v) is 3.50. The van der Waals surface area contributed by atoms with Crippen LogP contribution in [0.2, 0.25) is 0 Å². The Balaban J connectivity index is 1.71. The Morgan fingerprint density at radius 3 is 2.85 bits per heavy atom. The average Bonchev–Trinajstić information content (AvgIpc) is 2.48. The molecule has 0 aromatic carbocycles. The minimum atomic E-state index is 0.0382. The van der Waals surface area contributed by atoms with Gasteiger partial charge in [0.25, 0.3) is 0 Å². The van der Waals surface area contributed by atoms with E-state index in [4.69, 9.17) is 10.5 Å². The second-order valence-corrected chi connectivity index (χ2v) is 5.10. The van der Waals surface area contributed by atoms with Crippen LogP contribution in [-0.4, -0.2) is 48.6 Å². The number of likely N-dealkylation sites (tertiary alicyclic amines) is 1. The number of nitrogens with two attached hydrogens (primary N) is 1. The van der Waals surface area contributed by atoms with Crippen molar-refractivity contribution in [3.63, 3.8) is 0 Å². The predicted molar refractivity (Wildman–Crippen MR) is 76.3 cm³/mol. The van der Waals surface area contributed by atoms with Crippen LogP contribution >= 0.6 is 0 Å². The molecule has 6 nitrogen and oxygen atoms in total. The molecule has 110 valence electrons. The van der Waals surface area contributed by atoms with Gasteiger partial charge in [0.15, 0.2) is 0 Å². The van der Waals surface area contributed by atoms with Gasteiger partial charge in [0.05, 0.1) is 13.7 Å². The first-order valence-corrected chi connectivity index (χ1v) is 6.91. The van der Waals surface area contributed by atoms with Gasteiger partial charge >= 0.3 is 0 Å². The summed E-state index contributed by atoms with van der Waals surface area (Å²) < 4.78 is 4.99. The lowest BCUT2D eigenvalue weighted by atomic mass is 10.1. The summed E-state index contributed by atoms with van der Waals surface area (Å²) in [5.41, 5.74) is 6.80. The van der Waals surface area contributed by atoms with Crippen LogP contribution in [0.1, 0.15) is 18.4 Å². The SMILES string of the molecule is COc1ccc(CNC(=O)CN2CCC(N)CC2)cn1. The molecule has 0 spiro atoms. The Morgan fingerprint density at radius 2 is 2.25 bits per heavy atom. The molecule has 20 heavy (non-hydrogen) atoms. The molecule has 1 fully saturated rings. The number of amides is 1. The van der Waals surface area contributed by atoms with E-state index in [0.29, 0.717) is 25.0 Å². The van der Waals surface area contributed by atoms with Gasteiger partial charge in [-0.2, -0.15) is 0 Å². The van der Waals surface area contributed by atoms with Crippen LogP contribution in [0.3, 0.4) is 0 Å². The van der Waals surface area contributed by atoms with Crippen molar-refractivity contribution >= 4 is 5.91 Å². The molecule has 0 aliphatic carbocycles. The predicted octanol–water partition coefficient (Wildman–Crippen LogP) is 0.130. The lowest BCUT2D eigenvalue weighted by Crippen LogP contribution is -2.44. The molecule has 3 N–H and O–H groups in total. The normalized spacial score (nSPS) is 16.9. The summed E-state index contributed by atoms with van der Waals surface area (Å²) >= 11 is 0. The van der Waals surface area contributed by atoms with Crippen molar-refractivity contribution in [2.24, 2.45) is 5.73 Å². The fourth-order valence-electron chi connectivity index (χ4n) is 2.21. The van der Waals surface area contributed by atoms with E-state index in [1.54, 1.807) is 19.4 Å². The van der Waals surface area contributed by atoms with Crippen LogP contribution in [0.4, 0.5) is 0 Å². The van der Waals surface area contributed by atoms with Gasteiger partial charge in [0.1, 0.15) is 0 Å². The molecule has 1 aliphatic rings.